The lowest BCUT2D eigenvalue weighted by molar-refractivity contribution is -0.187. The summed E-state index contributed by atoms with van der Waals surface area (Å²) >= 11 is 0. The van der Waals surface area contributed by atoms with Crippen molar-refractivity contribution >= 4 is 5.83 Å². The minimum absolute atomic E-state index is 0.0647. The Labute approximate surface area is 245 Å². The van der Waals surface area contributed by atoms with Crippen LogP contribution in [0.1, 0.15) is 36.5 Å². The first-order chi connectivity index (χ1) is 20.7. The second kappa shape index (κ2) is 13.0. The molecule has 4 aromatic carbocycles. The van der Waals surface area contributed by atoms with Crippen molar-refractivity contribution in [3.63, 3.8) is 0 Å². The lowest BCUT2D eigenvalue weighted by Gasteiger charge is -2.20. The molecular weight excluding hydrogens is 602 g/mol. The zero-order valence-electron chi connectivity index (χ0n) is 22.8. The number of benzene rings is 4. The predicted molar refractivity (Wildman–Crippen MR) is 146 cm³/mol. The summed E-state index contributed by atoms with van der Waals surface area (Å²) in [5, 5.41) is 0. The molecule has 4 rings (SSSR count). The average molecular weight is 625 g/mol. The number of halogens is 10. The van der Waals surface area contributed by atoms with E-state index < -0.39 is 58.3 Å². The van der Waals surface area contributed by atoms with Gasteiger partial charge in [0.25, 0.3) is 0 Å². The van der Waals surface area contributed by atoms with Crippen LogP contribution in [-0.4, -0.2) is 0 Å². The Kier molecular flexibility index (Phi) is 9.56. The van der Waals surface area contributed by atoms with Crippen LogP contribution in [0.25, 0.3) is 28.1 Å². The fourth-order valence-corrected chi connectivity index (χ4v) is 4.32. The van der Waals surface area contributed by atoms with Gasteiger partial charge in [0.1, 0.15) is 34.6 Å². The van der Waals surface area contributed by atoms with Gasteiger partial charge in [-0.05, 0) is 47.7 Å². The SMILES string of the molecule is C/C=C/CC/C(F)=C(\F)c1ccc(-c2ccc(-c3ccc(C(F)(F)Oc4cc(F)c(C(F)(F)F)c(F)c4)c(F)c3)cc2)cc1. The van der Waals surface area contributed by atoms with Crippen molar-refractivity contribution in [2.24, 2.45) is 0 Å². The molecule has 1 nitrogen and oxygen atoms in total. The molecule has 0 aliphatic rings. The quantitative estimate of drug-likeness (QED) is 0.133. The van der Waals surface area contributed by atoms with E-state index in [0.29, 0.717) is 29.2 Å². The summed E-state index contributed by atoms with van der Waals surface area (Å²) in [5.74, 6) is -8.88. The van der Waals surface area contributed by atoms with Gasteiger partial charge in [-0.15, -0.1) is 0 Å². The van der Waals surface area contributed by atoms with E-state index >= 15 is 0 Å². The van der Waals surface area contributed by atoms with Gasteiger partial charge < -0.3 is 4.74 Å². The van der Waals surface area contributed by atoms with Crippen LogP contribution in [0, 0.1) is 17.5 Å². The molecule has 4 aromatic rings. The molecule has 0 spiro atoms. The summed E-state index contributed by atoms with van der Waals surface area (Å²) < 4.78 is 143. The largest absolute Gasteiger partial charge is 0.429 e. The molecule has 0 aliphatic carbocycles. The Hall–Kier alpha value is -4.54. The third kappa shape index (κ3) is 7.32. The molecule has 11 heteroatoms. The maximum atomic E-state index is 14.8. The van der Waals surface area contributed by atoms with Crippen LogP contribution in [-0.2, 0) is 12.3 Å². The fraction of sp³-hybridized carbons (Fsp3) is 0.152. The van der Waals surface area contributed by atoms with E-state index in [1.165, 1.54) is 12.1 Å². The molecule has 0 amide bonds. The number of rotatable bonds is 9. The van der Waals surface area contributed by atoms with Gasteiger partial charge in [-0.3, -0.25) is 0 Å². The van der Waals surface area contributed by atoms with Crippen LogP contribution >= 0.6 is 0 Å². The molecule has 0 heterocycles. The molecule has 0 aliphatic heterocycles. The van der Waals surface area contributed by atoms with E-state index in [-0.39, 0.29) is 29.7 Å². The van der Waals surface area contributed by atoms with Crippen molar-refractivity contribution in [1.29, 1.82) is 0 Å². The van der Waals surface area contributed by atoms with E-state index in [4.69, 9.17) is 0 Å². The summed E-state index contributed by atoms with van der Waals surface area (Å²) in [6.45, 7) is 1.78. The van der Waals surface area contributed by atoms with Gasteiger partial charge in [0.05, 0.1) is 5.56 Å². The minimum atomic E-state index is -5.41. The topological polar surface area (TPSA) is 9.23 Å². The maximum absolute atomic E-state index is 14.8. The van der Waals surface area contributed by atoms with Gasteiger partial charge in [0.15, 0.2) is 5.83 Å². The number of hydrogen-bond acceptors (Lipinski definition) is 1. The van der Waals surface area contributed by atoms with Crippen LogP contribution in [0.3, 0.4) is 0 Å². The van der Waals surface area contributed by atoms with Gasteiger partial charge >= 0.3 is 12.3 Å². The molecular formula is C33H22F10O. The highest BCUT2D eigenvalue weighted by Gasteiger charge is 2.41. The number of hydrogen-bond donors (Lipinski definition) is 0. The van der Waals surface area contributed by atoms with Gasteiger partial charge in [0, 0.05) is 24.1 Å². The zero-order chi connectivity index (χ0) is 32.2. The van der Waals surface area contributed by atoms with E-state index in [0.717, 1.165) is 12.1 Å². The normalized spacial score (nSPS) is 12.9. The Morgan fingerprint density at radius 1 is 0.682 bits per heavy atom. The van der Waals surface area contributed by atoms with E-state index in [9.17, 15) is 43.9 Å². The predicted octanol–water partition coefficient (Wildman–Crippen LogP) is 11.5. The van der Waals surface area contributed by atoms with Gasteiger partial charge in [-0.25, -0.2) is 22.0 Å². The van der Waals surface area contributed by atoms with E-state index in [1.54, 1.807) is 55.5 Å². The molecule has 230 valence electrons. The Morgan fingerprint density at radius 2 is 1.18 bits per heavy atom. The molecule has 0 aromatic heterocycles. The maximum Gasteiger partial charge on any atom is 0.429 e. The van der Waals surface area contributed by atoms with Crippen molar-refractivity contribution in [1.82, 2.24) is 0 Å². The summed E-state index contributed by atoms with van der Waals surface area (Å²) in [5.41, 5.74) is -1.59. The first-order valence-corrected chi connectivity index (χ1v) is 13.0. The highest BCUT2D eigenvalue weighted by molar-refractivity contribution is 5.72. The summed E-state index contributed by atoms with van der Waals surface area (Å²) in [7, 11) is 0. The standard InChI is InChI=1S/C33H22F10O/c1-2-3-4-5-26(34)31(38)22-12-10-20(11-13-22)19-6-8-21(9-7-19)23-14-15-25(27(35)16-23)33(42,43)44-24-17-28(36)30(29(37)18-24)32(39,40)41/h2-3,6-18H,4-5H2,1H3/b3-2+,31-26+. The van der Waals surface area contributed by atoms with Crippen molar-refractivity contribution < 1.29 is 48.6 Å². The number of alkyl halides is 5. The van der Waals surface area contributed by atoms with Crippen LogP contribution in [0.5, 0.6) is 5.75 Å². The molecule has 0 fully saturated rings. The fourth-order valence-electron chi connectivity index (χ4n) is 4.32. The summed E-state index contributed by atoms with van der Waals surface area (Å²) in [4.78, 5) is 0. The molecule has 44 heavy (non-hydrogen) atoms. The lowest BCUT2D eigenvalue weighted by Crippen LogP contribution is -2.24. The monoisotopic (exact) mass is 624 g/mol. The minimum Gasteiger partial charge on any atom is -0.429 e. The molecule has 0 N–H and O–H groups in total. The smallest absolute Gasteiger partial charge is 0.429 e. The second-order valence-corrected chi connectivity index (χ2v) is 9.55. The van der Waals surface area contributed by atoms with Crippen molar-refractivity contribution in [3.05, 3.63) is 131 Å². The third-order valence-electron chi connectivity index (χ3n) is 6.52. The molecule has 0 radical (unpaired) electrons. The highest BCUT2D eigenvalue weighted by atomic mass is 19.4. The van der Waals surface area contributed by atoms with Gasteiger partial charge in [-0.2, -0.15) is 22.0 Å². The van der Waals surface area contributed by atoms with E-state index in [2.05, 4.69) is 4.74 Å². The highest BCUT2D eigenvalue weighted by Crippen LogP contribution is 2.39. The zero-order valence-corrected chi connectivity index (χ0v) is 22.8. The van der Waals surface area contributed by atoms with Gasteiger partial charge in [0.2, 0.25) is 0 Å². The molecule has 0 saturated heterocycles. The first-order valence-electron chi connectivity index (χ1n) is 13.0. The summed E-state index contributed by atoms with van der Waals surface area (Å²) in [6.07, 6.45) is -6.14. The van der Waals surface area contributed by atoms with Crippen molar-refractivity contribution in [2.45, 2.75) is 32.1 Å². The van der Waals surface area contributed by atoms with Crippen LogP contribution in [0.2, 0.25) is 0 Å². The van der Waals surface area contributed by atoms with Gasteiger partial charge in [-0.1, -0.05) is 66.7 Å². The number of ether oxygens (including phenoxy) is 1. The molecule has 0 saturated carbocycles. The average Bonchev–Trinajstić information content (AvgIpc) is 2.95. The third-order valence-corrected chi connectivity index (χ3v) is 6.52. The summed E-state index contributed by atoms with van der Waals surface area (Å²) in [6, 6.07) is 14.9. The lowest BCUT2D eigenvalue weighted by atomic mass is 9.98. The Bertz CT molecular complexity index is 1660. The number of allylic oxidation sites excluding steroid dienone is 3. The van der Waals surface area contributed by atoms with Crippen LogP contribution in [0.4, 0.5) is 43.9 Å². The Balaban J connectivity index is 1.50. The second-order valence-electron chi connectivity index (χ2n) is 9.55. The molecule has 0 unspecified atom stereocenters. The molecule has 0 atom stereocenters. The van der Waals surface area contributed by atoms with Crippen LogP contribution in [0.15, 0.2) is 96.8 Å². The van der Waals surface area contributed by atoms with E-state index in [1.807, 2.05) is 0 Å². The van der Waals surface area contributed by atoms with Crippen molar-refractivity contribution in [3.8, 4) is 28.0 Å². The molecule has 0 bridgehead atoms. The van der Waals surface area contributed by atoms with Crippen LogP contribution < -0.4 is 4.74 Å². The Morgan fingerprint density at radius 3 is 1.68 bits per heavy atom. The van der Waals surface area contributed by atoms with Crippen molar-refractivity contribution in [2.75, 3.05) is 0 Å². The first kappa shape index (κ1) is 32.4.